The SMILES string of the molecule is N#Cc1ccc(Cn2cncc2CNc2ccc(N3CCN(C(=O)O)CC3)cc2)cc1. The highest BCUT2D eigenvalue weighted by atomic mass is 16.4. The van der Waals surface area contributed by atoms with E-state index in [9.17, 15) is 4.79 Å². The fraction of sp³-hybridized carbons (Fsp3) is 0.261. The van der Waals surface area contributed by atoms with Crippen molar-refractivity contribution in [2.45, 2.75) is 13.1 Å². The molecular weight excluding hydrogens is 392 g/mol. The van der Waals surface area contributed by atoms with E-state index in [0.717, 1.165) is 22.6 Å². The van der Waals surface area contributed by atoms with Crippen LogP contribution < -0.4 is 10.2 Å². The van der Waals surface area contributed by atoms with Gasteiger partial charge in [0, 0.05) is 50.3 Å². The Kier molecular flexibility index (Phi) is 6.03. The number of hydrogen-bond donors (Lipinski definition) is 2. The summed E-state index contributed by atoms with van der Waals surface area (Å²) in [6, 6.07) is 17.9. The summed E-state index contributed by atoms with van der Waals surface area (Å²) in [4.78, 5) is 19.0. The van der Waals surface area contributed by atoms with Crippen molar-refractivity contribution in [3.8, 4) is 6.07 Å². The summed E-state index contributed by atoms with van der Waals surface area (Å²) in [5.74, 6) is 0. The first-order chi connectivity index (χ1) is 15.1. The minimum atomic E-state index is -0.849. The van der Waals surface area contributed by atoms with Crippen LogP contribution in [0, 0.1) is 11.3 Å². The molecule has 0 saturated carbocycles. The lowest BCUT2D eigenvalue weighted by atomic mass is 10.1. The second kappa shape index (κ2) is 9.22. The average molecular weight is 416 g/mol. The van der Waals surface area contributed by atoms with Crippen molar-refractivity contribution in [2.24, 2.45) is 0 Å². The van der Waals surface area contributed by atoms with Crippen molar-refractivity contribution in [3.05, 3.63) is 77.9 Å². The second-order valence-corrected chi connectivity index (χ2v) is 7.48. The minimum Gasteiger partial charge on any atom is -0.465 e. The number of rotatable bonds is 6. The van der Waals surface area contributed by atoms with E-state index in [1.54, 1.807) is 0 Å². The topological polar surface area (TPSA) is 97.4 Å². The molecule has 1 fully saturated rings. The van der Waals surface area contributed by atoms with Crippen LogP contribution in [0.5, 0.6) is 0 Å². The lowest BCUT2D eigenvalue weighted by Gasteiger charge is -2.34. The normalized spacial score (nSPS) is 13.6. The third-order valence-corrected chi connectivity index (χ3v) is 5.49. The quantitative estimate of drug-likeness (QED) is 0.640. The molecule has 31 heavy (non-hydrogen) atoms. The van der Waals surface area contributed by atoms with Crippen LogP contribution in [0.15, 0.2) is 61.1 Å². The zero-order valence-corrected chi connectivity index (χ0v) is 17.1. The van der Waals surface area contributed by atoms with E-state index in [1.165, 1.54) is 4.90 Å². The summed E-state index contributed by atoms with van der Waals surface area (Å²) in [7, 11) is 0. The van der Waals surface area contributed by atoms with Crippen LogP contribution in [-0.2, 0) is 13.1 Å². The molecule has 0 bridgehead atoms. The summed E-state index contributed by atoms with van der Waals surface area (Å²) >= 11 is 0. The van der Waals surface area contributed by atoms with Gasteiger partial charge in [-0.3, -0.25) is 0 Å². The maximum absolute atomic E-state index is 11.0. The lowest BCUT2D eigenvalue weighted by molar-refractivity contribution is 0.142. The number of carboxylic acid groups (broad SMARTS) is 1. The van der Waals surface area contributed by atoms with Crippen molar-refractivity contribution in [2.75, 3.05) is 36.4 Å². The molecule has 0 aliphatic carbocycles. The number of anilines is 2. The predicted molar refractivity (Wildman–Crippen MR) is 118 cm³/mol. The molecule has 0 atom stereocenters. The molecule has 1 amide bonds. The highest BCUT2D eigenvalue weighted by Crippen LogP contribution is 2.20. The van der Waals surface area contributed by atoms with Gasteiger partial charge in [-0.05, 0) is 42.0 Å². The van der Waals surface area contributed by atoms with Crippen LogP contribution in [-0.4, -0.2) is 51.8 Å². The maximum atomic E-state index is 11.0. The van der Waals surface area contributed by atoms with Gasteiger partial charge in [-0.25, -0.2) is 9.78 Å². The number of hydrogen-bond acceptors (Lipinski definition) is 5. The Hall–Kier alpha value is -3.99. The van der Waals surface area contributed by atoms with Crippen molar-refractivity contribution in [3.63, 3.8) is 0 Å². The smallest absolute Gasteiger partial charge is 0.407 e. The zero-order valence-electron chi connectivity index (χ0n) is 17.1. The van der Waals surface area contributed by atoms with Crippen LogP contribution in [0.25, 0.3) is 0 Å². The number of imidazole rings is 1. The highest BCUT2D eigenvalue weighted by molar-refractivity contribution is 5.65. The fourth-order valence-electron chi connectivity index (χ4n) is 3.66. The van der Waals surface area contributed by atoms with Gasteiger partial charge in [0.1, 0.15) is 0 Å². The summed E-state index contributed by atoms with van der Waals surface area (Å²) in [5.41, 5.74) is 4.95. The van der Waals surface area contributed by atoms with Crippen LogP contribution in [0.1, 0.15) is 16.8 Å². The molecule has 2 heterocycles. The fourth-order valence-corrected chi connectivity index (χ4v) is 3.66. The van der Waals surface area contributed by atoms with Gasteiger partial charge in [0.2, 0.25) is 0 Å². The average Bonchev–Trinajstić information content (AvgIpc) is 3.25. The maximum Gasteiger partial charge on any atom is 0.407 e. The molecule has 3 aromatic rings. The number of nitrogens with one attached hydrogen (secondary N) is 1. The van der Waals surface area contributed by atoms with Gasteiger partial charge in [0.05, 0.1) is 30.2 Å². The van der Waals surface area contributed by atoms with E-state index < -0.39 is 6.09 Å². The standard InChI is InChI=1S/C23H24N6O2/c24-13-18-1-3-19(4-2-18)16-29-17-25-14-22(29)15-26-20-5-7-21(8-6-20)27-9-11-28(12-10-27)23(30)31/h1-8,14,17,26H,9-12,15-16H2,(H,30,31). The van der Waals surface area contributed by atoms with E-state index in [-0.39, 0.29) is 0 Å². The van der Waals surface area contributed by atoms with Crippen molar-refractivity contribution in [1.29, 1.82) is 5.26 Å². The van der Waals surface area contributed by atoms with E-state index in [2.05, 4.69) is 38.0 Å². The van der Waals surface area contributed by atoms with Crippen LogP contribution in [0.2, 0.25) is 0 Å². The lowest BCUT2D eigenvalue weighted by Crippen LogP contribution is -2.48. The van der Waals surface area contributed by atoms with E-state index in [0.29, 0.717) is 44.8 Å². The number of nitriles is 1. The Bertz CT molecular complexity index is 1060. The summed E-state index contributed by atoms with van der Waals surface area (Å²) < 4.78 is 2.09. The molecule has 1 aromatic heterocycles. The molecule has 1 aliphatic heterocycles. The van der Waals surface area contributed by atoms with Gasteiger partial charge in [-0.15, -0.1) is 0 Å². The Labute approximate surface area is 181 Å². The third-order valence-electron chi connectivity index (χ3n) is 5.49. The summed E-state index contributed by atoms with van der Waals surface area (Å²) in [6.07, 6.45) is 2.82. The monoisotopic (exact) mass is 416 g/mol. The van der Waals surface area contributed by atoms with Gasteiger partial charge in [-0.2, -0.15) is 5.26 Å². The molecule has 158 valence electrons. The third kappa shape index (κ3) is 4.95. The molecule has 2 N–H and O–H groups in total. The molecule has 0 radical (unpaired) electrons. The molecular formula is C23H24N6O2. The first-order valence-electron chi connectivity index (χ1n) is 10.2. The van der Waals surface area contributed by atoms with Crippen molar-refractivity contribution < 1.29 is 9.90 Å². The van der Waals surface area contributed by atoms with Gasteiger partial charge in [-0.1, -0.05) is 12.1 Å². The van der Waals surface area contributed by atoms with E-state index >= 15 is 0 Å². The molecule has 1 aliphatic rings. The number of carbonyl (C=O) groups is 1. The molecule has 4 rings (SSSR count). The summed E-state index contributed by atoms with van der Waals surface area (Å²) in [6.45, 7) is 3.80. The van der Waals surface area contributed by atoms with Crippen LogP contribution >= 0.6 is 0 Å². The largest absolute Gasteiger partial charge is 0.465 e. The Balaban J connectivity index is 1.32. The van der Waals surface area contributed by atoms with Gasteiger partial charge >= 0.3 is 6.09 Å². The number of benzene rings is 2. The van der Waals surface area contributed by atoms with Crippen molar-refractivity contribution in [1.82, 2.24) is 14.5 Å². The Morgan fingerprint density at radius 1 is 1.06 bits per heavy atom. The highest BCUT2D eigenvalue weighted by Gasteiger charge is 2.20. The van der Waals surface area contributed by atoms with Gasteiger partial charge in [0.25, 0.3) is 0 Å². The molecule has 2 aromatic carbocycles. The van der Waals surface area contributed by atoms with Gasteiger partial charge in [0.15, 0.2) is 0 Å². The number of nitrogens with zero attached hydrogens (tertiary/aromatic N) is 5. The first kappa shape index (κ1) is 20.3. The second-order valence-electron chi connectivity index (χ2n) is 7.48. The van der Waals surface area contributed by atoms with Crippen LogP contribution in [0.4, 0.5) is 16.2 Å². The van der Waals surface area contributed by atoms with Gasteiger partial charge < -0.3 is 24.8 Å². The number of piperazine rings is 1. The van der Waals surface area contributed by atoms with Crippen LogP contribution in [0.3, 0.4) is 0 Å². The summed E-state index contributed by atoms with van der Waals surface area (Å²) in [5, 5.41) is 21.4. The molecule has 8 heteroatoms. The molecule has 8 nitrogen and oxygen atoms in total. The zero-order chi connectivity index (χ0) is 21.6. The minimum absolute atomic E-state index is 0.526. The molecule has 0 unspecified atom stereocenters. The van der Waals surface area contributed by atoms with E-state index in [1.807, 2.05) is 48.9 Å². The Morgan fingerprint density at radius 3 is 2.42 bits per heavy atom. The van der Waals surface area contributed by atoms with Crippen molar-refractivity contribution >= 4 is 17.5 Å². The Morgan fingerprint density at radius 2 is 1.77 bits per heavy atom. The molecule has 1 saturated heterocycles. The number of amides is 1. The first-order valence-corrected chi connectivity index (χ1v) is 10.2. The molecule has 0 spiro atoms. The number of aromatic nitrogens is 2. The van der Waals surface area contributed by atoms with E-state index in [4.69, 9.17) is 10.4 Å². The predicted octanol–water partition coefficient (Wildman–Crippen LogP) is 3.22.